The number of anilines is 1. The molecule has 0 spiro atoms. The van der Waals surface area contributed by atoms with Gasteiger partial charge in [0, 0.05) is 24.3 Å². The summed E-state index contributed by atoms with van der Waals surface area (Å²) in [6, 6.07) is 14.4. The van der Waals surface area contributed by atoms with Crippen LogP contribution in [0.15, 0.2) is 48.5 Å². The maximum atomic E-state index is 12.3. The van der Waals surface area contributed by atoms with Gasteiger partial charge in [-0.05, 0) is 67.6 Å². The molecule has 0 radical (unpaired) electrons. The van der Waals surface area contributed by atoms with Crippen molar-refractivity contribution in [2.45, 2.75) is 25.8 Å². The molecule has 0 aliphatic heterocycles. The molecular formula is C22H29N3O4S. The Morgan fingerprint density at radius 2 is 1.93 bits per heavy atom. The van der Waals surface area contributed by atoms with Crippen LogP contribution in [0, 0.1) is 5.92 Å². The molecule has 162 valence electrons. The van der Waals surface area contributed by atoms with Gasteiger partial charge in [0.1, 0.15) is 5.75 Å². The van der Waals surface area contributed by atoms with Crippen LogP contribution < -0.4 is 20.1 Å². The van der Waals surface area contributed by atoms with E-state index in [2.05, 4.69) is 21.4 Å². The predicted molar refractivity (Wildman–Crippen MR) is 118 cm³/mol. The van der Waals surface area contributed by atoms with Crippen LogP contribution in [0.2, 0.25) is 0 Å². The Hall–Kier alpha value is -2.58. The predicted octanol–water partition coefficient (Wildman–Crippen LogP) is 2.76. The quantitative estimate of drug-likeness (QED) is 0.449. The molecule has 8 heteroatoms. The number of hydrogen-bond acceptors (Lipinski definition) is 5. The summed E-state index contributed by atoms with van der Waals surface area (Å²) < 4.78 is 30.8. The van der Waals surface area contributed by atoms with Crippen molar-refractivity contribution in [2.75, 3.05) is 30.7 Å². The minimum absolute atomic E-state index is 0.254. The van der Waals surface area contributed by atoms with Crippen molar-refractivity contribution in [1.29, 1.82) is 0 Å². The second-order valence-corrected chi connectivity index (χ2v) is 9.38. The first-order valence-corrected chi connectivity index (χ1v) is 12.1. The largest absolute Gasteiger partial charge is 0.494 e. The van der Waals surface area contributed by atoms with Crippen molar-refractivity contribution in [1.82, 2.24) is 10.6 Å². The Morgan fingerprint density at radius 1 is 1.13 bits per heavy atom. The van der Waals surface area contributed by atoms with Crippen LogP contribution in [0.1, 0.15) is 35.2 Å². The molecule has 0 unspecified atom stereocenters. The molecule has 1 fully saturated rings. The van der Waals surface area contributed by atoms with Gasteiger partial charge in [-0.25, -0.2) is 8.42 Å². The zero-order chi connectivity index (χ0) is 21.4. The fraction of sp³-hybridized carbons (Fsp3) is 0.409. The zero-order valence-corrected chi connectivity index (χ0v) is 18.0. The first kappa shape index (κ1) is 22.1. The highest BCUT2D eigenvalue weighted by Gasteiger charge is 2.20. The van der Waals surface area contributed by atoms with Crippen molar-refractivity contribution >= 4 is 21.6 Å². The Morgan fingerprint density at radius 3 is 2.70 bits per heavy atom. The molecule has 30 heavy (non-hydrogen) atoms. The van der Waals surface area contributed by atoms with Gasteiger partial charge in [0.2, 0.25) is 10.0 Å². The highest BCUT2D eigenvalue weighted by molar-refractivity contribution is 7.92. The number of carbonyl (C=O) groups excluding carboxylic acids is 1. The summed E-state index contributed by atoms with van der Waals surface area (Å²) in [5.74, 6) is 1.43. The second-order valence-electron chi connectivity index (χ2n) is 7.63. The van der Waals surface area contributed by atoms with E-state index in [4.69, 9.17) is 4.74 Å². The van der Waals surface area contributed by atoms with E-state index < -0.39 is 10.0 Å². The Labute approximate surface area is 178 Å². The minimum Gasteiger partial charge on any atom is -0.494 e. The van der Waals surface area contributed by atoms with Crippen molar-refractivity contribution in [3.63, 3.8) is 0 Å². The Balaban J connectivity index is 1.36. The summed E-state index contributed by atoms with van der Waals surface area (Å²) in [6.07, 6.45) is 4.42. The van der Waals surface area contributed by atoms with Crippen molar-refractivity contribution in [3.8, 4) is 5.75 Å². The summed E-state index contributed by atoms with van der Waals surface area (Å²) in [5, 5.41) is 6.30. The van der Waals surface area contributed by atoms with Crippen LogP contribution in [0.3, 0.4) is 0 Å². The summed E-state index contributed by atoms with van der Waals surface area (Å²) in [7, 11) is -3.38. The van der Waals surface area contributed by atoms with Crippen LogP contribution in [0.4, 0.5) is 5.69 Å². The van der Waals surface area contributed by atoms with Gasteiger partial charge < -0.3 is 15.4 Å². The van der Waals surface area contributed by atoms with Crippen molar-refractivity contribution in [2.24, 2.45) is 5.92 Å². The number of ether oxygens (including phenoxy) is 1. The lowest BCUT2D eigenvalue weighted by Crippen LogP contribution is -2.25. The van der Waals surface area contributed by atoms with E-state index in [1.807, 2.05) is 18.2 Å². The van der Waals surface area contributed by atoms with Gasteiger partial charge in [-0.15, -0.1) is 0 Å². The van der Waals surface area contributed by atoms with E-state index in [1.54, 1.807) is 18.2 Å². The van der Waals surface area contributed by atoms with E-state index in [9.17, 15) is 13.2 Å². The average Bonchev–Trinajstić information content (AvgIpc) is 3.51. The lowest BCUT2D eigenvalue weighted by molar-refractivity contribution is 0.0951. The molecule has 1 saturated carbocycles. The molecule has 1 amide bonds. The molecule has 2 aromatic carbocycles. The molecule has 2 aromatic rings. The van der Waals surface area contributed by atoms with Gasteiger partial charge in [0.25, 0.3) is 5.91 Å². The van der Waals surface area contributed by atoms with Crippen molar-refractivity contribution in [3.05, 3.63) is 59.7 Å². The summed E-state index contributed by atoms with van der Waals surface area (Å²) in [5.41, 5.74) is 1.96. The van der Waals surface area contributed by atoms with E-state index in [0.717, 1.165) is 31.0 Å². The fourth-order valence-corrected chi connectivity index (χ4v) is 3.55. The minimum atomic E-state index is -3.38. The number of amides is 1. The first-order valence-electron chi connectivity index (χ1n) is 10.2. The van der Waals surface area contributed by atoms with Crippen LogP contribution in [0.5, 0.6) is 5.75 Å². The molecule has 3 N–H and O–H groups in total. The molecule has 1 aliphatic rings. The second kappa shape index (κ2) is 10.4. The third kappa shape index (κ3) is 8.04. The monoisotopic (exact) mass is 431 g/mol. The molecule has 3 rings (SSSR count). The SMILES string of the molecule is CS(=O)(=O)Nc1cccc(C(=O)NCCCOc2cccc(CNCC3CC3)c2)c1. The Bertz CT molecular complexity index is 958. The van der Waals surface area contributed by atoms with Crippen LogP contribution in [-0.4, -0.2) is 40.3 Å². The number of rotatable bonds is 12. The number of carbonyl (C=O) groups is 1. The van der Waals surface area contributed by atoms with Crippen molar-refractivity contribution < 1.29 is 17.9 Å². The summed E-state index contributed by atoms with van der Waals surface area (Å²) in [6.45, 7) is 2.88. The molecule has 7 nitrogen and oxygen atoms in total. The fourth-order valence-electron chi connectivity index (χ4n) is 2.99. The molecule has 0 saturated heterocycles. The smallest absolute Gasteiger partial charge is 0.251 e. The molecule has 0 bridgehead atoms. The van der Waals surface area contributed by atoms with E-state index in [-0.39, 0.29) is 5.91 Å². The van der Waals surface area contributed by atoms with Crippen LogP contribution >= 0.6 is 0 Å². The number of hydrogen-bond donors (Lipinski definition) is 3. The maximum absolute atomic E-state index is 12.3. The third-order valence-corrected chi connectivity index (χ3v) is 5.27. The van der Waals surface area contributed by atoms with E-state index in [0.29, 0.717) is 30.8 Å². The van der Waals surface area contributed by atoms with E-state index in [1.165, 1.54) is 24.5 Å². The average molecular weight is 432 g/mol. The molecule has 0 heterocycles. The third-order valence-electron chi connectivity index (χ3n) is 4.66. The standard InChI is InChI=1S/C22H29N3O4S/c1-30(27,28)25-20-7-3-6-19(14-20)22(26)24-11-4-12-29-21-8-2-5-18(13-21)16-23-15-17-9-10-17/h2-3,5-8,13-14,17,23,25H,4,9-12,15-16H2,1H3,(H,24,26). The number of sulfonamides is 1. The molecule has 1 aliphatic carbocycles. The van der Waals surface area contributed by atoms with Crippen LogP contribution in [-0.2, 0) is 16.6 Å². The van der Waals surface area contributed by atoms with Gasteiger partial charge in [0.15, 0.2) is 0 Å². The van der Waals surface area contributed by atoms with E-state index >= 15 is 0 Å². The highest BCUT2D eigenvalue weighted by atomic mass is 32.2. The Kier molecular flexibility index (Phi) is 7.70. The van der Waals surface area contributed by atoms with Gasteiger partial charge in [-0.1, -0.05) is 18.2 Å². The van der Waals surface area contributed by atoms with Gasteiger partial charge in [0.05, 0.1) is 12.9 Å². The number of nitrogens with one attached hydrogen (secondary N) is 3. The normalized spacial score (nSPS) is 13.6. The topological polar surface area (TPSA) is 96.5 Å². The summed E-state index contributed by atoms with van der Waals surface area (Å²) in [4.78, 5) is 12.3. The maximum Gasteiger partial charge on any atom is 0.251 e. The highest BCUT2D eigenvalue weighted by Crippen LogP contribution is 2.27. The van der Waals surface area contributed by atoms with Crippen LogP contribution in [0.25, 0.3) is 0 Å². The lowest BCUT2D eigenvalue weighted by Gasteiger charge is -2.10. The molecule has 0 aromatic heterocycles. The molecule has 0 atom stereocenters. The van der Waals surface area contributed by atoms with Gasteiger partial charge >= 0.3 is 0 Å². The zero-order valence-electron chi connectivity index (χ0n) is 17.2. The van der Waals surface area contributed by atoms with Gasteiger partial charge in [-0.3, -0.25) is 9.52 Å². The molecular weight excluding hydrogens is 402 g/mol. The first-order chi connectivity index (χ1) is 14.4. The van der Waals surface area contributed by atoms with Gasteiger partial charge in [-0.2, -0.15) is 0 Å². The lowest BCUT2D eigenvalue weighted by atomic mass is 10.2. The number of benzene rings is 2. The summed E-state index contributed by atoms with van der Waals surface area (Å²) >= 11 is 0.